The van der Waals surface area contributed by atoms with E-state index in [1.165, 1.54) is 30.2 Å². The van der Waals surface area contributed by atoms with Gasteiger partial charge in [0.25, 0.3) is 0 Å². The molecule has 4 rings (SSSR count). The number of methoxy groups -OCH3 is 1. The molecule has 0 aliphatic heterocycles. The highest BCUT2D eigenvalue weighted by Gasteiger charge is 2.27. The fraction of sp³-hybridized carbons (Fsp3) is 0.407. The van der Waals surface area contributed by atoms with Crippen molar-refractivity contribution in [3.8, 4) is 5.75 Å². The van der Waals surface area contributed by atoms with Gasteiger partial charge in [-0.1, -0.05) is 23.9 Å². The van der Waals surface area contributed by atoms with Gasteiger partial charge in [0, 0.05) is 11.4 Å². The standard InChI is InChI=1S/C27H32N4O4S2/c1-6-11-31-24(18(4)35-19-13-16(2)12-17(3)14-19)29-30-27(31)36-15-22(32)28-25-23(26(33)34-5)20-9-7-8-10-21(20)37-25/h6,12-14,18H,1,7-11,15H2,2-5H3,(H,28,32). The maximum absolute atomic E-state index is 12.9. The molecule has 37 heavy (non-hydrogen) atoms. The van der Waals surface area contributed by atoms with Gasteiger partial charge in [0.05, 0.1) is 18.4 Å². The summed E-state index contributed by atoms with van der Waals surface area (Å²) in [6.45, 7) is 10.3. The van der Waals surface area contributed by atoms with Gasteiger partial charge in [0.15, 0.2) is 17.1 Å². The number of hydrogen-bond donors (Lipinski definition) is 1. The van der Waals surface area contributed by atoms with Crippen LogP contribution in [0.1, 0.15) is 63.6 Å². The van der Waals surface area contributed by atoms with Crippen molar-refractivity contribution in [2.45, 2.75) is 64.3 Å². The third-order valence-electron chi connectivity index (χ3n) is 6.07. The van der Waals surface area contributed by atoms with Gasteiger partial charge in [-0.05, 0) is 75.3 Å². The molecule has 0 bridgehead atoms. The number of ether oxygens (including phenoxy) is 2. The Balaban J connectivity index is 1.46. The first-order valence-corrected chi connectivity index (χ1v) is 14.0. The molecule has 0 spiro atoms. The number of nitrogens with zero attached hydrogens (tertiary/aromatic N) is 3. The van der Waals surface area contributed by atoms with Crippen molar-refractivity contribution in [2.75, 3.05) is 18.2 Å². The normalized spacial score (nSPS) is 13.5. The van der Waals surface area contributed by atoms with Gasteiger partial charge in [-0.25, -0.2) is 4.79 Å². The molecule has 10 heteroatoms. The van der Waals surface area contributed by atoms with Crippen LogP contribution in [-0.4, -0.2) is 39.5 Å². The summed E-state index contributed by atoms with van der Waals surface area (Å²) >= 11 is 2.75. The van der Waals surface area contributed by atoms with E-state index in [1.54, 1.807) is 6.08 Å². The fourth-order valence-corrected chi connectivity index (χ4v) is 6.58. The molecule has 0 saturated carbocycles. The number of carbonyl (C=O) groups excluding carboxylic acids is 2. The van der Waals surface area contributed by atoms with Gasteiger partial charge in [-0.15, -0.1) is 28.1 Å². The summed E-state index contributed by atoms with van der Waals surface area (Å²) in [5.74, 6) is 0.913. The van der Waals surface area contributed by atoms with Gasteiger partial charge >= 0.3 is 5.97 Å². The van der Waals surface area contributed by atoms with Gasteiger partial charge in [-0.2, -0.15) is 0 Å². The zero-order valence-corrected chi connectivity index (χ0v) is 23.3. The van der Waals surface area contributed by atoms with Crippen LogP contribution in [0.15, 0.2) is 36.0 Å². The largest absolute Gasteiger partial charge is 0.483 e. The Morgan fingerprint density at radius 2 is 1.95 bits per heavy atom. The lowest BCUT2D eigenvalue weighted by Gasteiger charge is -2.16. The third kappa shape index (κ3) is 6.24. The predicted octanol–water partition coefficient (Wildman–Crippen LogP) is 5.68. The number of fused-ring (bicyclic) bond motifs is 1. The molecule has 2 aromatic heterocycles. The summed E-state index contributed by atoms with van der Waals surface area (Å²) in [6, 6.07) is 6.07. The SMILES string of the molecule is C=CCn1c(SCC(=O)Nc2sc3c(c2C(=O)OC)CCCC3)nnc1C(C)Oc1cc(C)cc(C)c1. The van der Waals surface area contributed by atoms with Gasteiger partial charge in [0.2, 0.25) is 5.91 Å². The molecule has 0 radical (unpaired) electrons. The minimum absolute atomic E-state index is 0.116. The van der Waals surface area contributed by atoms with E-state index in [-0.39, 0.29) is 17.8 Å². The first kappa shape index (κ1) is 26.9. The number of amides is 1. The van der Waals surface area contributed by atoms with Crippen molar-refractivity contribution in [1.82, 2.24) is 14.8 Å². The average molecular weight is 541 g/mol. The quantitative estimate of drug-likeness (QED) is 0.201. The molecule has 3 aromatic rings. The van der Waals surface area contributed by atoms with Crippen molar-refractivity contribution in [2.24, 2.45) is 0 Å². The van der Waals surface area contributed by atoms with E-state index in [0.29, 0.717) is 28.1 Å². The molecular formula is C27H32N4O4S2. The van der Waals surface area contributed by atoms with Crippen molar-refractivity contribution < 1.29 is 19.1 Å². The number of nitrogens with one attached hydrogen (secondary N) is 1. The molecule has 1 aromatic carbocycles. The molecule has 0 saturated heterocycles. The number of aromatic nitrogens is 3. The zero-order chi connectivity index (χ0) is 26.5. The zero-order valence-electron chi connectivity index (χ0n) is 21.6. The number of aryl methyl sites for hydroxylation is 3. The highest BCUT2D eigenvalue weighted by atomic mass is 32.2. The molecule has 0 fully saturated rings. The number of benzene rings is 1. The molecule has 1 aliphatic carbocycles. The number of thiophene rings is 1. The highest BCUT2D eigenvalue weighted by molar-refractivity contribution is 7.99. The Morgan fingerprint density at radius 3 is 2.65 bits per heavy atom. The molecule has 1 unspecified atom stereocenters. The summed E-state index contributed by atoms with van der Waals surface area (Å²) in [5, 5.41) is 12.8. The monoisotopic (exact) mass is 540 g/mol. The molecular weight excluding hydrogens is 508 g/mol. The number of thioether (sulfide) groups is 1. The Hall–Kier alpha value is -3.11. The predicted molar refractivity (Wildman–Crippen MR) is 147 cm³/mol. The first-order chi connectivity index (χ1) is 17.8. The van der Waals surface area contributed by atoms with Gasteiger partial charge < -0.3 is 14.8 Å². The number of rotatable bonds is 10. The minimum atomic E-state index is -0.407. The molecule has 196 valence electrons. The third-order valence-corrected chi connectivity index (χ3v) is 8.25. The van der Waals surface area contributed by atoms with Crippen molar-refractivity contribution in [1.29, 1.82) is 0 Å². The summed E-state index contributed by atoms with van der Waals surface area (Å²) < 4.78 is 13.1. The van der Waals surface area contributed by atoms with Crippen LogP contribution in [0.3, 0.4) is 0 Å². The van der Waals surface area contributed by atoms with E-state index >= 15 is 0 Å². The Bertz CT molecular complexity index is 1290. The second-order valence-corrected chi connectivity index (χ2v) is 11.1. The minimum Gasteiger partial charge on any atom is -0.483 e. The van der Waals surface area contributed by atoms with Crippen molar-refractivity contribution in [3.63, 3.8) is 0 Å². The van der Waals surface area contributed by atoms with Crippen LogP contribution in [0.2, 0.25) is 0 Å². The van der Waals surface area contributed by atoms with E-state index < -0.39 is 5.97 Å². The van der Waals surface area contributed by atoms with Crippen LogP contribution in [0, 0.1) is 13.8 Å². The van der Waals surface area contributed by atoms with E-state index in [9.17, 15) is 9.59 Å². The number of esters is 1. The second-order valence-electron chi connectivity index (χ2n) is 9.07. The molecule has 1 amide bonds. The van der Waals surface area contributed by atoms with Gasteiger partial charge in [-0.3, -0.25) is 9.36 Å². The maximum Gasteiger partial charge on any atom is 0.341 e. The summed E-state index contributed by atoms with van der Waals surface area (Å²) in [6.07, 6.45) is 5.28. The topological polar surface area (TPSA) is 95.3 Å². The summed E-state index contributed by atoms with van der Waals surface area (Å²) in [4.78, 5) is 26.5. The fourth-order valence-electron chi connectivity index (χ4n) is 4.53. The average Bonchev–Trinajstić information content (AvgIpc) is 3.42. The summed E-state index contributed by atoms with van der Waals surface area (Å²) in [5.41, 5.74) is 3.76. The van der Waals surface area contributed by atoms with Crippen LogP contribution in [0.4, 0.5) is 5.00 Å². The maximum atomic E-state index is 12.9. The van der Waals surface area contributed by atoms with Crippen LogP contribution in [0.25, 0.3) is 0 Å². The molecule has 1 aliphatic rings. The number of anilines is 1. The Labute approximate surface area is 225 Å². The van der Waals surface area contributed by atoms with E-state index in [1.807, 2.05) is 37.5 Å². The van der Waals surface area contributed by atoms with Crippen molar-refractivity contribution >= 4 is 40.0 Å². The van der Waals surface area contributed by atoms with Crippen LogP contribution < -0.4 is 10.1 Å². The van der Waals surface area contributed by atoms with E-state index in [0.717, 1.165) is 53.0 Å². The van der Waals surface area contributed by atoms with Crippen molar-refractivity contribution in [3.05, 3.63) is 63.8 Å². The molecule has 1 atom stereocenters. The Kier molecular flexibility index (Phi) is 8.71. The number of hydrogen-bond acceptors (Lipinski definition) is 8. The Morgan fingerprint density at radius 1 is 1.22 bits per heavy atom. The van der Waals surface area contributed by atoms with E-state index in [2.05, 4.69) is 28.2 Å². The summed E-state index contributed by atoms with van der Waals surface area (Å²) in [7, 11) is 1.37. The van der Waals surface area contributed by atoms with Gasteiger partial charge in [0.1, 0.15) is 10.8 Å². The van der Waals surface area contributed by atoms with Crippen LogP contribution in [-0.2, 0) is 28.9 Å². The first-order valence-electron chi connectivity index (χ1n) is 12.2. The smallest absolute Gasteiger partial charge is 0.341 e. The van der Waals surface area contributed by atoms with Crippen LogP contribution >= 0.6 is 23.1 Å². The van der Waals surface area contributed by atoms with Crippen LogP contribution in [0.5, 0.6) is 5.75 Å². The van der Waals surface area contributed by atoms with E-state index in [4.69, 9.17) is 9.47 Å². The number of allylic oxidation sites excluding steroid dienone is 1. The molecule has 8 nitrogen and oxygen atoms in total. The molecule has 1 N–H and O–H groups in total. The lowest BCUT2D eigenvalue weighted by atomic mass is 9.95. The lowest BCUT2D eigenvalue weighted by Crippen LogP contribution is -2.17. The number of carbonyl (C=O) groups is 2. The highest BCUT2D eigenvalue weighted by Crippen LogP contribution is 2.38. The lowest BCUT2D eigenvalue weighted by molar-refractivity contribution is -0.113. The molecule has 2 heterocycles. The second kappa shape index (κ2) is 12.0.